The Kier molecular flexibility index (Phi) is 6.41. The van der Waals surface area contributed by atoms with Gasteiger partial charge in [-0.1, -0.05) is 30.3 Å². The molecule has 2 amide bonds. The molecule has 1 aliphatic heterocycles. The van der Waals surface area contributed by atoms with E-state index in [1.165, 1.54) is 5.56 Å². The summed E-state index contributed by atoms with van der Waals surface area (Å²) in [4.78, 5) is 25.3. The second-order valence-electron chi connectivity index (χ2n) is 8.73. The first-order valence-corrected chi connectivity index (χ1v) is 11.0. The molecule has 0 radical (unpaired) electrons. The molecule has 1 aliphatic carbocycles. The zero-order valence-corrected chi connectivity index (χ0v) is 18.0. The van der Waals surface area contributed by atoms with E-state index < -0.39 is 29.6 Å². The van der Waals surface area contributed by atoms with Crippen LogP contribution in [0, 0.1) is 17.6 Å². The van der Waals surface area contributed by atoms with Crippen molar-refractivity contribution in [2.75, 3.05) is 12.3 Å². The molecule has 2 aliphatic rings. The van der Waals surface area contributed by atoms with Gasteiger partial charge in [-0.15, -0.1) is 0 Å². The van der Waals surface area contributed by atoms with E-state index in [0.717, 1.165) is 19.0 Å². The van der Waals surface area contributed by atoms with Crippen LogP contribution in [0.5, 0.6) is 0 Å². The number of carbonyl (C=O) groups is 2. The predicted molar refractivity (Wildman–Crippen MR) is 118 cm³/mol. The summed E-state index contributed by atoms with van der Waals surface area (Å²) in [6, 6.07) is 9.18. The molecule has 4 rings (SSSR count). The first kappa shape index (κ1) is 22.2. The molecule has 1 heterocycles. The fourth-order valence-electron chi connectivity index (χ4n) is 4.71. The zero-order chi connectivity index (χ0) is 22.8. The van der Waals surface area contributed by atoms with E-state index in [2.05, 4.69) is 28.1 Å². The molecular weight excluding hydrogens is 414 g/mol. The number of benzene rings is 2. The third-order valence-electron chi connectivity index (χ3n) is 6.42. The van der Waals surface area contributed by atoms with Gasteiger partial charge in [0.1, 0.15) is 17.7 Å². The van der Waals surface area contributed by atoms with Gasteiger partial charge in [-0.2, -0.15) is 0 Å². The van der Waals surface area contributed by atoms with Crippen molar-refractivity contribution in [2.45, 2.75) is 50.7 Å². The van der Waals surface area contributed by atoms with Gasteiger partial charge in [0.25, 0.3) is 0 Å². The van der Waals surface area contributed by atoms with Crippen LogP contribution in [0.2, 0.25) is 0 Å². The molecule has 32 heavy (non-hydrogen) atoms. The second-order valence-corrected chi connectivity index (χ2v) is 8.73. The van der Waals surface area contributed by atoms with Crippen LogP contribution in [0.1, 0.15) is 42.5 Å². The topological polar surface area (TPSA) is 96.2 Å². The van der Waals surface area contributed by atoms with Gasteiger partial charge in [-0.25, -0.2) is 8.78 Å². The summed E-state index contributed by atoms with van der Waals surface area (Å²) in [6.07, 6.45) is 2.38. The predicted octanol–water partition coefficient (Wildman–Crippen LogP) is 2.38. The van der Waals surface area contributed by atoms with Crippen molar-refractivity contribution in [3.63, 3.8) is 0 Å². The van der Waals surface area contributed by atoms with E-state index in [0.29, 0.717) is 36.3 Å². The number of nitrogen functional groups attached to an aromatic ring is 1. The maximum absolute atomic E-state index is 14.0. The van der Waals surface area contributed by atoms with Crippen LogP contribution in [0.3, 0.4) is 0 Å². The van der Waals surface area contributed by atoms with Gasteiger partial charge in [0.05, 0.1) is 17.8 Å². The van der Waals surface area contributed by atoms with Crippen LogP contribution >= 0.6 is 0 Å². The Morgan fingerprint density at radius 3 is 2.72 bits per heavy atom. The molecular formula is C24H28F2N4O2. The number of amides is 2. The van der Waals surface area contributed by atoms with Crippen molar-refractivity contribution >= 4 is 17.5 Å². The van der Waals surface area contributed by atoms with E-state index >= 15 is 0 Å². The molecule has 5 N–H and O–H groups in total. The number of nitrogens with one attached hydrogen (secondary N) is 3. The number of halogens is 2. The van der Waals surface area contributed by atoms with E-state index in [9.17, 15) is 18.4 Å². The van der Waals surface area contributed by atoms with Gasteiger partial charge in [0, 0.05) is 11.6 Å². The minimum atomic E-state index is -0.832. The fourth-order valence-corrected chi connectivity index (χ4v) is 4.71. The summed E-state index contributed by atoms with van der Waals surface area (Å²) < 4.78 is 27.9. The minimum absolute atomic E-state index is 0.138. The Morgan fingerprint density at radius 2 is 1.97 bits per heavy atom. The number of anilines is 1. The van der Waals surface area contributed by atoms with E-state index in [1.54, 1.807) is 6.92 Å². The molecule has 4 atom stereocenters. The summed E-state index contributed by atoms with van der Waals surface area (Å²) in [5, 5.41) is 8.76. The largest absolute Gasteiger partial charge is 0.396 e. The lowest BCUT2D eigenvalue weighted by atomic mass is 9.96. The van der Waals surface area contributed by atoms with Crippen molar-refractivity contribution in [1.29, 1.82) is 0 Å². The number of hydrogen-bond donors (Lipinski definition) is 4. The smallest absolute Gasteiger partial charge is 0.242 e. The molecule has 8 heteroatoms. The standard InChI is InChI=1S/C24H28F2N4O2/c1-13(23(31)30-19-8-7-16-17(25)11-18(26)22(27)21(16)19)29-24(32)20-10-15(12-28-20)9-14-5-3-2-4-6-14/h2-6,11,13,15,19-20,28H,7-10,12,27H2,1H3,(H,29,32)(H,30,31)/t13-,15-,19?,20+/m0/s1. The van der Waals surface area contributed by atoms with Crippen molar-refractivity contribution in [1.82, 2.24) is 16.0 Å². The Balaban J connectivity index is 1.31. The number of nitrogens with two attached hydrogens (primary N) is 1. The van der Waals surface area contributed by atoms with Crippen LogP contribution in [-0.4, -0.2) is 30.4 Å². The lowest BCUT2D eigenvalue weighted by Gasteiger charge is -2.21. The summed E-state index contributed by atoms with van der Waals surface area (Å²) in [5.41, 5.74) is 7.54. The Bertz CT molecular complexity index is 1010. The van der Waals surface area contributed by atoms with Crippen LogP contribution in [0.15, 0.2) is 36.4 Å². The molecule has 2 aromatic carbocycles. The van der Waals surface area contributed by atoms with Gasteiger partial charge in [0.15, 0.2) is 0 Å². The van der Waals surface area contributed by atoms with E-state index in [1.807, 2.05) is 18.2 Å². The van der Waals surface area contributed by atoms with Gasteiger partial charge < -0.3 is 21.7 Å². The first-order valence-electron chi connectivity index (χ1n) is 11.0. The van der Waals surface area contributed by atoms with Gasteiger partial charge in [-0.05, 0) is 56.2 Å². The molecule has 0 aromatic heterocycles. The molecule has 6 nitrogen and oxygen atoms in total. The summed E-state index contributed by atoms with van der Waals surface area (Å²) >= 11 is 0. The van der Waals surface area contributed by atoms with Crippen LogP contribution in [0.4, 0.5) is 14.5 Å². The SMILES string of the molecule is C[C@H](NC(=O)[C@H]1C[C@H](Cc2ccccc2)CN1)C(=O)NC1CCc2c(F)cc(F)c(N)c21. The molecule has 0 bridgehead atoms. The molecule has 2 aromatic rings. The van der Waals surface area contributed by atoms with Crippen molar-refractivity contribution in [3.8, 4) is 0 Å². The van der Waals surface area contributed by atoms with Crippen LogP contribution < -0.4 is 21.7 Å². The van der Waals surface area contributed by atoms with Crippen molar-refractivity contribution in [2.24, 2.45) is 5.92 Å². The third-order valence-corrected chi connectivity index (χ3v) is 6.42. The molecule has 1 fully saturated rings. The lowest BCUT2D eigenvalue weighted by molar-refractivity contribution is -0.129. The summed E-state index contributed by atoms with van der Waals surface area (Å²) in [5.74, 6) is -1.78. The minimum Gasteiger partial charge on any atom is -0.396 e. The third kappa shape index (κ3) is 4.60. The van der Waals surface area contributed by atoms with Crippen molar-refractivity contribution in [3.05, 3.63) is 64.7 Å². The number of fused-ring (bicyclic) bond motifs is 1. The number of rotatable bonds is 6. The van der Waals surface area contributed by atoms with E-state index in [-0.39, 0.29) is 17.6 Å². The molecule has 0 spiro atoms. The average Bonchev–Trinajstić information content (AvgIpc) is 3.40. The average molecular weight is 443 g/mol. The number of hydrogen-bond acceptors (Lipinski definition) is 4. The van der Waals surface area contributed by atoms with Crippen LogP contribution in [-0.2, 0) is 22.4 Å². The summed E-state index contributed by atoms with van der Waals surface area (Å²) in [6.45, 7) is 2.33. The molecule has 0 saturated carbocycles. The Hall–Kier alpha value is -3.00. The quantitative estimate of drug-likeness (QED) is 0.517. The normalized spacial score (nSPS) is 22.9. The monoisotopic (exact) mass is 442 g/mol. The highest BCUT2D eigenvalue weighted by Crippen LogP contribution is 2.38. The second kappa shape index (κ2) is 9.24. The summed E-state index contributed by atoms with van der Waals surface area (Å²) in [7, 11) is 0. The van der Waals surface area contributed by atoms with Gasteiger partial charge in [-0.3, -0.25) is 9.59 Å². The van der Waals surface area contributed by atoms with Crippen molar-refractivity contribution < 1.29 is 18.4 Å². The molecule has 1 saturated heterocycles. The highest BCUT2D eigenvalue weighted by atomic mass is 19.1. The lowest BCUT2D eigenvalue weighted by Crippen LogP contribution is -2.50. The fraction of sp³-hybridized carbons (Fsp3) is 0.417. The Labute approximate surface area is 185 Å². The highest BCUT2D eigenvalue weighted by Gasteiger charge is 2.33. The van der Waals surface area contributed by atoms with E-state index in [4.69, 9.17) is 5.73 Å². The maximum Gasteiger partial charge on any atom is 0.242 e. The molecule has 1 unspecified atom stereocenters. The zero-order valence-electron chi connectivity index (χ0n) is 18.0. The van der Waals surface area contributed by atoms with Crippen LogP contribution in [0.25, 0.3) is 0 Å². The number of carbonyl (C=O) groups excluding carboxylic acids is 2. The maximum atomic E-state index is 14.0. The first-order chi connectivity index (χ1) is 15.3. The highest BCUT2D eigenvalue weighted by molar-refractivity contribution is 5.90. The Morgan fingerprint density at radius 1 is 1.22 bits per heavy atom. The van der Waals surface area contributed by atoms with Gasteiger partial charge in [0.2, 0.25) is 11.8 Å². The molecule has 170 valence electrons. The van der Waals surface area contributed by atoms with Gasteiger partial charge >= 0.3 is 0 Å².